The van der Waals surface area contributed by atoms with Crippen LogP contribution in [0.1, 0.15) is 35.7 Å². The van der Waals surface area contributed by atoms with Crippen molar-refractivity contribution in [3.8, 4) is 0 Å². The van der Waals surface area contributed by atoms with Crippen molar-refractivity contribution in [2.75, 3.05) is 11.6 Å². The molecule has 0 bridgehead atoms. The first-order valence-electron chi connectivity index (χ1n) is 8.70. The highest BCUT2D eigenvalue weighted by Crippen LogP contribution is 2.39. The average Bonchev–Trinajstić information content (AvgIpc) is 3.31. The first kappa shape index (κ1) is 18.0. The van der Waals surface area contributed by atoms with E-state index in [1.165, 1.54) is 38.9 Å². The van der Waals surface area contributed by atoms with Crippen LogP contribution in [0.15, 0.2) is 46.0 Å². The summed E-state index contributed by atoms with van der Waals surface area (Å²) < 4.78 is 3.48. The second-order valence-electron chi connectivity index (χ2n) is 6.58. The summed E-state index contributed by atoms with van der Waals surface area (Å²) in [5.41, 5.74) is 2.40. The van der Waals surface area contributed by atoms with Gasteiger partial charge in [0.15, 0.2) is 10.6 Å². The van der Waals surface area contributed by atoms with E-state index in [-0.39, 0.29) is 11.7 Å². The smallest absolute Gasteiger partial charge is 0.258 e. The van der Waals surface area contributed by atoms with Gasteiger partial charge in [0.25, 0.3) is 5.91 Å². The largest absolute Gasteiger partial charge is 0.336 e. The van der Waals surface area contributed by atoms with E-state index in [0.717, 1.165) is 18.7 Å². The van der Waals surface area contributed by atoms with Gasteiger partial charge in [0, 0.05) is 24.0 Å². The number of nitrogen functional groups attached to an aromatic ring is 1. The first-order valence-corrected chi connectivity index (χ1v) is 10.6. The minimum atomic E-state index is -0.212. The van der Waals surface area contributed by atoms with Gasteiger partial charge in [0.1, 0.15) is 0 Å². The van der Waals surface area contributed by atoms with Crippen LogP contribution >= 0.6 is 23.1 Å². The van der Waals surface area contributed by atoms with E-state index in [1.54, 1.807) is 0 Å². The highest BCUT2D eigenvalue weighted by molar-refractivity contribution is 7.99. The summed E-state index contributed by atoms with van der Waals surface area (Å²) in [4.78, 5) is 17.2. The minimum absolute atomic E-state index is 0.183. The van der Waals surface area contributed by atoms with Crippen LogP contribution in [0, 0.1) is 6.92 Å². The number of nitrogens with two attached hydrogens (primary N) is 1. The normalized spacial score (nSPS) is 14.6. The van der Waals surface area contributed by atoms with Crippen molar-refractivity contribution in [1.82, 2.24) is 19.4 Å². The maximum absolute atomic E-state index is 12.3. The highest BCUT2D eigenvalue weighted by Gasteiger charge is 2.30. The Labute approximate surface area is 164 Å². The Morgan fingerprint density at radius 2 is 2.11 bits per heavy atom. The molecule has 1 saturated carbocycles. The van der Waals surface area contributed by atoms with E-state index in [4.69, 9.17) is 5.84 Å². The molecule has 2 N–H and O–H groups in total. The zero-order valence-corrected chi connectivity index (χ0v) is 16.5. The van der Waals surface area contributed by atoms with Crippen LogP contribution in [-0.2, 0) is 11.3 Å². The maximum Gasteiger partial charge on any atom is 0.258 e. The lowest BCUT2D eigenvalue weighted by Gasteiger charge is -2.04. The van der Waals surface area contributed by atoms with Gasteiger partial charge in [-0.15, -0.1) is 21.5 Å². The van der Waals surface area contributed by atoms with Gasteiger partial charge < -0.3 is 10.4 Å². The first-order chi connectivity index (χ1) is 13.1. The summed E-state index contributed by atoms with van der Waals surface area (Å²) in [7, 11) is 0. The molecule has 7 nitrogen and oxygen atoms in total. The maximum atomic E-state index is 12.3. The van der Waals surface area contributed by atoms with E-state index in [2.05, 4.69) is 46.4 Å². The molecule has 1 amide bonds. The Morgan fingerprint density at radius 1 is 1.33 bits per heavy atom. The van der Waals surface area contributed by atoms with Crippen LogP contribution in [0.25, 0.3) is 0 Å². The summed E-state index contributed by atoms with van der Waals surface area (Å²) >= 11 is 2.72. The molecule has 1 fully saturated rings. The van der Waals surface area contributed by atoms with Gasteiger partial charge in [-0.2, -0.15) is 4.99 Å². The van der Waals surface area contributed by atoms with Gasteiger partial charge in [-0.25, -0.2) is 4.68 Å². The van der Waals surface area contributed by atoms with Crippen molar-refractivity contribution in [1.29, 1.82) is 0 Å². The number of aryl methyl sites for hydroxylation is 1. The molecule has 140 valence electrons. The number of hydrogen-bond donors (Lipinski definition) is 1. The number of rotatable bonds is 6. The Balaban J connectivity index is 1.42. The third-order valence-electron chi connectivity index (χ3n) is 4.31. The van der Waals surface area contributed by atoms with Gasteiger partial charge in [0.05, 0.1) is 5.75 Å². The number of nitrogens with zero attached hydrogens (tertiary/aromatic N) is 5. The molecule has 3 aromatic rings. The van der Waals surface area contributed by atoms with Crippen molar-refractivity contribution >= 4 is 29.0 Å². The summed E-state index contributed by atoms with van der Waals surface area (Å²) in [6.07, 6.45) is 4.16. The monoisotopic (exact) mass is 400 g/mol. The second kappa shape index (κ2) is 7.69. The Bertz CT molecular complexity index is 1010. The molecular weight excluding hydrogens is 380 g/mol. The molecule has 0 spiro atoms. The van der Waals surface area contributed by atoms with Gasteiger partial charge >= 0.3 is 0 Å². The number of hydrogen-bond acceptors (Lipinski definition) is 6. The molecule has 2 heterocycles. The van der Waals surface area contributed by atoms with Crippen LogP contribution in [0.2, 0.25) is 0 Å². The molecule has 4 rings (SSSR count). The number of thioether (sulfide) groups is 1. The van der Waals surface area contributed by atoms with Gasteiger partial charge in [0.2, 0.25) is 5.16 Å². The third-order valence-corrected chi connectivity index (χ3v) is 6.03. The molecule has 0 radical (unpaired) electrons. The lowest BCUT2D eigenvalue weighted by molar-refractivity contribution is -0.115. The molecule has 0 aliphatic heterocycles. The zero-order valence-electron chi connectivity index (χ0n) is 14.9. The summed E-state index contributed by atoms with van der Waals surface area (Å²) in [6, 6.07) is 8.35. The topological polar surface area (TPSA) is 91.1 Å². The quantitative estimate of drug-likeness (QED) is 0.506. The lowest BCUT2D eigenvalue weighted by Crippen LogP contribution is -2.18. The molecule has 0 unspecified atom stereocenters. The molecule has 9 heteroatoms. The highest BCUT2D eigenvalue weighted by atomic mass is 32.2. The Hall–Kier alpha value is -2.39. The number of amides is 1. The Kier molecular flexibility index (Phi) is 5.13. The average molecular weight is 401 g/mol. The van der Waals surface area contributed by atoms with E-state index >= 15 is 0 Å². The van der Waals surface area contributed by atoms with Crippen LogP contribution in [0.3, 0.4) is 0 Å². The number of benzene rings is 1. The number of aromatic nitrogens is 4. The minimum Gasteiger partial charge on any atom is -0.336 e. The van der Waals surface area contributed by atoms with Crippen LogP contribution in [0.5, 0.6) is 0 Å². The van der Waals surface area contributed by atoms with Crippen LogP contribution in [0.4, 0.5) is 0 Å². The van der Waals surface area contributed by atoms with Crippen molar-refractivity contribution < 1.29 is 4.79 Å². The van der Waals surface area contributed by atoms with Gasteiger partial charge in [-0.05, 0) is 25.3 Å². The van der Waals surface area contributed by atoms with Crippen molar-refractivity contribution in [2.45, 2.75) is 37.4 Å². The molecular formula is C18H20N6OS2. The zero-order chi connectivity index (χ0) is 18.8. The van der Waals surface area contributed by atoms with Crippen LogP contribution in [-0.4, -0.2) is 31.1 Å². The fraction of sp³-hybridized carbons (Fsp3) is 0.333. The Morgan fingerprint density at radius 3 is 2.85 bits per heavy atom. The number of thiazole rings is 1. The fourth-order valence-electron chi connectivity index (χ4n) is 2.67. The third kappa shape index (κ3) is 4.30. The summed E-state index contributed by atoms with van der Waals surface area (Å²) in [5, 5.41) is 10.7. The summed E-state index contributed by atoms with van der Waals surface area (Å²) in [5.74, 6) is 7.21. The molecule has 1 aliphatic rings. The van der Waals surface area contributed by atoms with E-state index in [0.29, 0.717) is 22.4 Å². The predicted molar refractivity (Wildman–Crippen MR) is 106 cm³/mol. The second-order valence-corrected chi connectivity index (χ2v) is 8.39. The number of carbonyl (C=O) groups excluding carboxylic acids is 1. The summed E-state index contributed by atoms with van der Waals surface area (Å²) in [6.45, 7) is 2.75. The molecule has 1 aromatic carbocycles. The van der Waals surface area contributed by atoms with Crippen molar-refractivity contribution in [2.24, 2.45) is 4.99 Å². The van der Waals surface area contributed by atoms with Gasteiger partial charge in [-0.3, -0.25) is 4.79 Å². The predicted octanol–water partition coefficient (Wildman–Crippen LogP) is 2.31. The van der Waals surface area contributed by atoms with E-state index in [9.17, 15) is 4.79 Å². The van der Waals surface area contributed by atoms with Crippen LogP contribution < -0.4 is 10.6 Å². The molecule has 27 heavy (non-hydrogen) atoms. The molecule has 1 aliphatic carbocycles. The molecule has 0 saturated heterocycles. The van der Waals surface area contributed by atoms with E-state index in [1.807, 2.05) is 16.1 Å². The lowest BCUT2D eigenvalue weighted by atomic mass is 10.1. The fourth-order valence-corrected chi connectivity index (χ4v) is 4.06. The van der Waals surface area contributed by atoms with Gasteiger partial charge in [-0.1, -0.05) is 41.6 Å². The van der Waals surface area contributed by atoms with Crippen molar-refractivity contribution in [3.63, 3.8) is 0 Å². The SMILES string of the molecule is Cc1ccc(Cn2ccsc2=NC(=O)CSc2nnc(C3CC3)n2N)cc1. The standard InChI is InChI=1S/C18H20N6OS2/c1-12-2-4-13(5-3-12)10-23-8-9-26-17(23)20-15(25)11-27-18-22-21-16(24(18)19)14-6-7-14/h2-5,8-9,14H,6-7,10-11,19H2,1H3. The molecule has 0 atom stereocenters. The molecule has 2 aromatic heterocycles. The number of carbonyl (C=O) groups is 1. The van der Waals surface area contributed by atoms with E-state index < -0.39 is 0 Å². The van der Waals surface area contributed by atoms with Crippen molar-refractivity contribution in [3.05, 3.63) is 57.6 Å².